The third-order valence-corrected chi connectivity index (χ3v) is 4.04. The third kappa shape index (κ3) is 3.97. The van der Waals surface area contributed by atoms with Gasteiger partial charge < -0.3 is 15.1 Å². The van der Waals surface area contributed by atoms with Gasteiger partial charge in [-0.1, -0.05) is 11.6 Å². The van der Waals surface area contributed by atoms with E-state index in [1.807, 2.05) is 17.0 Å². The van der Waals surface area contributed by atoms with Crippen LogP contribution in [0.4, 0.5) is 11.5 Å². The number of carbonyl (C=O) groups excluding carboxylic acids is 1. The largest absolute Gasteiger partial charge is 0.339 e. The quantitative estimate of drug-likeness (QED) is 0.934. The number of aromatic nitrogens is 2. The molecule has 0 spiro atoms. The molecule has 6 nitrogen and oxygen atoms in total. The van der Waals surface area contributed by atoms with Gasteiger partial charge in [0, 0.05) is 36.9 Å². The molecule has 120 valence electrons. The van der Waals surface area contributed by atoms with Gasteiger partial charge in [0.05, 0.1) is 0 Å². The molecule has 1 saturated heterocycles. The molecule has 0 aliphatic carbocycles. The first-order valence-corrected chi connectivity index (χ1v) is 7.84. The minimum absolute atomic E-state index is 0.0661. The molecule has 0 atom stereocenters. The number of hydrogen-bond acceptors (Lipinski definition) is 5. The molecule has 1 aromatic carbocycles. The maximum absolute atomic E-state index is 12.4. The van der Waals surface area contributed by atoms with Crippen molar-refractivity contribution in [2.24, 2.45) is 0 Å². The number of halogens is 1. The Morgan fingerprint density at radius 1 is 1.04 bits per heavy atom. The van der Waals surface area contributed by atoms with E-state index in [4.69, 9.17) is 11.6 Å². The van der Waals surface area contributed by atoms with Gasteiger partial charge in [0.1, 0.15) is 0 Å². The van der Waals surface area contributed by atoms with Crippen LogP contribution in [0, 0.1) is 0 Å². The Morgan fingerprint density at radius 2 is 1.74 bits per heavy atom. The summed E-state index contributed by atoms with van der Waals surface area (Å²) in [6.07, 6.45) is 0. The highest BCUT2D eigenvalue weighted by Crippen LogP contribution is 2.17. The molecule has 2 aromatic rings. The van der Waals surface area contributed by atoms with Crippen molar-refractivity contribution in [2.75, 3.05) is 38.5 Å². The van der Waals surface area contributed by atoms with Crippen molar-refractivity contribution in [2.45, 2.75) is 0 Å². The molecule has 1 N–H and O–H groups in total. The molecule has 1 amide bonds. The summed E-state index contributed by atoms with van der Waals surface area (Å²) in [4.78, 5) is 16.4. The van der Waals surface area contributed by atoms with Crippen molar-refractivity contribution < 1.29 is 4.79 Å². The second-order valence-corrected chi connectivity index (χ2v) is 5.97. The van der Waals surface area contributed by atoms with E-state index < -0.39 is 0 Å². The Morgan fingerprint density at radius 3 is 2.35 bits per heavy atom. The Balaban J connectivity index is 1.64. The van der Waals surface area contributed by atoms with Crippen LogP contribution in [0.2, 0.25) is 5.02 Å². The number of rotatable bonds is 3. The zero-order valence-corrected chi connectivity index (χ0v) is 13.6. The van der Waals surface area contributed by atoms with Gasteiger partial charge in [0.15, 0.2) is 11.5 Å². The van der Waals surface area contributed by atoms with Crippen molar-refractivity contribution in [3.63, 3.8) is 0 Å². The molecule has 0 unspecified atom stereocenters. The maximum Gasteiger partial charge on any atom is 0.274 e. The van der Waals surface area contributed by atoms with E-state index in [2.05, 4.69) is 27.5 Å². The van der Waals surface area contributed by atoms with Gasteiger partial charge in [0.2, 0.25) is 0 Å². The van der Waals surface area contributed by atoms with Crippen LogP contribution in [0.3, 0.4) is 0 Å². The van der Waals surface area contributed by atoms with Gasteiger partial charge in [-0.05, 0) is 43.4 Å². The number of likely N-dealkylation sites (N-methyl/N-ethyl adjacent to an activating group) is 1. The van der Waals surface area contributed by atoms with E-state index in [1.54, 1.807) is 24.3 Å². The van der Waals surface area contributed by atoms with Crippen LogP contribution in [0.5, 0.6) is 0 Å². The molecule has 1 aliphatic rings. The van der Waals surface area contributed by atoms with Crippen molar-refractivity contribution in [3.05, 3.63) is 47.1 Å². The Kier molecular flexibility index (Phi) is 4.73. The first-order valence-electron chi connectivity index (χ1n) is 7.46. The van der Waals surface area contributed by atoms with Crippen molar-refractivity contribution >= 4 is 29.0 Å². The zero-order valence-electron chi connectivity index (χ0n) is 12.9. The fraction of sp³-hybridized carbons (Fsp3) is 0.312. The summed E-state index contributed by atoms with van der Waals surface area (Å²) in [6.45, 7) is 3.22. The number of hydrogen-bond donors (Lipinski definition) is 1. The monoisotopic (exact) mass is 331 g/mol. The number of carbonyl (C=O) groups is 1. The minimum atomic E-state index is -0.0661. The minimum Gasteiger partial charge on any atom is -0.339 e. The summed E-state index contributed by atoms with van der Waals surface area (Å²) < 4.78 is 0. The first-order chi connectivity index (χ1) is 11.1. The highest BCUT2D eigenvalue weighted by molar-refractivity contribution is 6.30. The number of anilines is 2. The molecule has 23 heavy (non-hydrogen) atoms. The lowest BCUT2D eigenvalue weighted by molar-refractivity contribution is 0.0657. The smallest absolute Gasteiger partial charge is 0.274 e. The molecule has 0 bridgehead atoms. The van der Waals surface area contributed by atoms with E-state index in [-0.39, 0.29) is 5.91 Å². The van der Waals surface area contributed by atoms with E-state index in [1.165, 1.54) is 0 Å². The van der Waals surface area contributed by atoms with Crippen molar-refractivity contribution in [1.29, 1.82) is 0 Å². The summed E-state index contributed by atoms with van der Waals surface area (Å²) in [5, 5.41) is 11.9. The van der Waals surface area contributed by atoms with Gasteiger partial charge in [-0.3, -0.25) is 4.79 Å². The molecule has 1 fully saturated rings. The molecule has 2 heterocycles. The van der Waals surface area contributed by atoms with E-state index in [9.17, 15) is 4.79 Å². The van der Waals surface area contributed by atoms with Gasteiger partial charge in [0.25, 0.3) is 5.91 Å². The van der Waals surface area contributed by atoms with Crippen LogP contribution in [-0.2, 0) is 0 Å². The predicted molar refractivity (Wildman–Crippen MR) is 90.2 cm³/mol. The van der Waals surface area contributed by atoms with Crippen LogP contribution in [-0.4, -0.2) is 59.1 Å². The van der Waals surface area contributed by atoms with Crippen LogP contribution in [0.15, 0.2) is 36.4 Å². The summed E-state index contributed by atoms with van der Waals surface area (Å²) in [5.41, 5.74) is 1.23. The van der Waals surface area contributed by atoms with E-state index in [0.29, 0.717) is 16.5 Å². The van der Waals surface area contributed by atoms with Gasteiger partial charge in [-0.15, -0.1) is 10.2 Å². The number of benzene rings is 1. The summed E-state index contributed by atoms with van der Waals surface area (Å²) in [7, 11) is 2.05. The lowest BCUT2D eigenvalue weighted by Gasteiger charge is -2.32. The Labute approximate surface area is 140 Å². The summed E-state index contributed by atoms with van der Waals surface area (Å²) in [5.74, 6) is 0.519. The number of piperazine rings is 1. The fourth-order valence-electron chi connectivity index (χ4n) is 2.37. The third-order valence-electron chi connectivity index (χ3n) is 3.79. The molecule has 0 radical (unpaired) electrons. The predicted octanol–water partition coefficient (Wildman–Crippen LogP) is 2.26. The average molecular weight is 332 g/mol. The zero-order chi connectivity index (χ0) is 16.2. The first kappa shape index (κ1) is 15.7. The topological polar surface area (TPSA) is 61.4 Å². The molecule has 3 rings (SSSR count). The SMILES string of the molecule is CN1CCN(C(=O)c2ccc(Nc3ccc(Cl)cc3)nn2)CC1. The number of amides is 1. The standard InChI is InChI=1S/C16H18ClN5O/c1-21-8-10-22(11-9-21)16(23)14-6-7-15(20-19-14)18-13-4-2-12(17)3-5-13/h2-7H,8-11H2,1H3,(H,18,20). The van der Waals surface area contributed by atoms with Gasteiger partial charge in [-0.2, -0.15) is 0 Å². The second-order valence-electron chi connectivity index (χ2n) is 5.53. The van der Waals surface area contributed by atoms with Crippen LogP contribution in [0.25, 0.3) is 0 Å². The lowest BCUT2D eigenvalue weighted by atomic mass is 10.2. The van der Waals surface area contributed by atoms with Gasteiger partial charge in [-0.25, -0.2) is 0 Å². The lowest BCUT2D eigenvalue weighted by Crippen LogP contribution is -2.47. The molecule has 0 saturated carbocycles. The van der Waals surface area contributed by atoms with E-state index >= 15 is 0 Å². The normalized spacial score (nSPS) is 15.5. The maximum atomic E-state index is 12.4. The fourth-order valence-corrected chi connectivity index (χ4v) is 2.49. The highest BCUT2D eigenvalue weighted by Gasteiger charge is 2.21. The molecule has 1 aromatic heterocycles. The molecule has 1 aliphatic heterocycles. The molecular weight excluding hydrogens is 314 g/mol. The molecular formula is C16H18ClN5O. The Bertz CT molecular complexity index is 666. The van der Waals surface area contributed by atoms with Crippen molar-refractivity contribution in [1.82, 2.24) is 20.0 Å². The summed E-state index contributed by atoms with van der Waals surface area (Å²) >= 11 is 5.85. The number of nitrogens with zero attached hydrogens (tertiary/aromatic N) is 4. The highest BCUT2D eigenvalue weighted by atomic mass is 35.5. The van der Waals surface area contributed by atoms with Gasteiger partial charge >= 0.3 is 0 Å². The van der Waals surface area contributed by atoms with Crippen molar-refractivity contribution in [3.8, 4) is 0 Å². The van der Waals surface area contributed by atoms with Crippen LogP contribution >= 0.6 is 11.6 Å². The number of nitrogens with one attached hydrogen (secondary N) is 1. The van der Waals surface area contributed by atoms with Crippen LogP contribution < -0.4 is 5.32 Å². The average Bonchev–Trinajstić information content (AvgIpc) is 2.58. The molecule has 7 heteroatoms. The summed E-state index contributed by atoms with van der Waals surface area (Å²) in [6, 6.07) is 10.8. The Hall–Kier alpha value is -2.18. The van der Waals surface area contributed by atoms with Crippen LogP contribution in [0.1, 0.15) is 10.5 Å². The van der Waals surface area contributed by atoms with E-state index in [0.717, 1.165) is 31.9 Å². The second kappa shape index (κ2) is 6.93.